The average Bonchev–Trinajstić information content (AvgIpc) is 3.08. The summed E-state index contributed by atoms with van der Waals surface area (Å²) in [6.07, 6.45) is -0.0697. The normalized spacial score (nSPS) is 11.7. The van der Waals surface area contributed by atoms with Crippen LogP contribution in [0.2, 0.25) is 0 Å². The van der Waals surface area contributed by atoms with Gasteiger partial charge in [0.05, 0.1) is 165 Å². The summed E-state index contributed by atoms with van der Waals surface area (Å²) in [6, 6.07) is 0. The molecule has 17 nitrogen and oxygen atoms in total. The topological polar surface area (TPSA) is 198 Å². The van der Waals surface area contributed by atoms with Crippen molar-refractivity contribution in [1.82, 2.24) is 0 Å². The molecule has 282 valence electrons. The number of ether oxygens (including phenoxy) is 13. The fourth-order valence-electron chi connectivity index (χ4n) is 2.74. The highest BCUT2D eigenvalue weighted by Gasteiger charge is 2.00. The van der Waals surface area contributed by atoms with E-state index in [-0.39, 0.29) is 13.2 Å². The van der Waals surface area contributed by atoms with Crippen molar-refractivity contribution in [3.63, 3.8) is 0 Å². The number of carboxylic acids is 1. The zero-order valence-electron chi connectivity index (χ0n) is 28.1. The number of aliphatic carboxylic acids is 1. The molecular formula is C30H60O17. The highest BCUT2D eigenvalue weighted by molar-refractivity contribution is 5.78. The molecule has 0 aliphatic heterocycles. The van der Waals surface area contributed by atoms with Crippen LogP contribution in [0.1, 0.15) is 0 Å². The van der Waals surface area contributed by atoms with Crippen molar-refractivity contribution >= 4 is 5.97 Å². The van der Waals surface area contributed by atoms with Crippen LogP contribution in [0.25, 0.3) is 0 Å². The van der Waals surface area contributed by atoms with Crippen molar-refractivity contribution in [3.05, 3.63) is 12.7 Å². The van der Waals surface area contributed by atoms with Gasteiger partial charge in [-0.3, -0.25) is 0 Å². The van der Waals surface area contributed by atoms with Crippen LogP contribution in [0.4, 0.5) is 0 Å². The maximum absolute atomic E-state index is 9.25. The molecule has 0 amide bonds. The molecule has 3 N–H and O–H groups in total. The summed E-state index contributed by atoms with van der Waals surface area (Å²) in [5.41, 5.74) is 0. The first kappa shape index (κ1) is 47.7. The molecule has 0 saturated heterocycles. The fraction of sp³-hybridized carbons (Fsp3) is 0.900. The SMILES string of the molecule is C=CC(=O)O.COC(O)COCCOCCOCCOCCOCCOCCOCCOCCOCCOCCOCCOCCO. The zero-order valence-corrected chi connectivity index (χ0v) is 28.1. The minimum Gasteiger partial charge on any atom is -0.478 e. The Morgan fingerprint density at radius 1 is 0.489 bits per heavy atom. The van der Waals surface area contributed by atoms with Gasteiger partial charge in [-0.2, -0.15) is 0 Å². The predicted octanol–water partition coefficient (Wildman–Crippen LogP) is -0.600. The molecule has 0 bridgehead atoms. The number of rotatable bonds is 39. The Labute approximate surface area is 279 Å². The number of hydrogen-bond donors (Lipinski definition) is 3. The van der Waals surface area contributed by atoms with Gasteiger partial charge in [0.25, 0.3) is 0 Å². The van der Waals surface area contributed by atoms with E-state index in [0.29, 0.717) is 152 Å². The van der Waals surface area contributed by atoms with E-state index >= 15 is 0 Å². The zero-order chi connectivity index (χ0) is 34.7. The Hall–Kier alpha value is -1.39. The monoisotopic (exact) mass is 692 g/mol. The summed E-state index contributed by atoms with van der Waals surface area (Å²) < 4.78 is 69.0. The second-order valence-electron chi connectivity index (χ2n) is 8.77. The highest BCUT2D eigenvalue weighted by atomic mass is 16.6. The predicted molar refractivity (Wildman–Crippen MR) is 168 cm³/mol. The molecule has 0 aromatic rings. The number of aliphatic hydroxyl groups excluding tert-OH is 2. The van der Waals surface area contributed by atoms with Gasteiger partial charge in [-0.05, 0) is 0 Å². The van der Waals surface area contributed by atoms with Gasteiger partial charge < -0.3 is 76.9 Å². The molecular weight excluding hydrogens is 632 g/mol. The first-order valence-corrected chi connectivity index (χ1v) is 15.7. The third-order valence-electron chi connectivity index (χ3n) is 5.03. The summed E-state index contributed by atoms with van der Waals surface area (Å²) in [6.45, 7) is 14.1. The van der Waals surface area contributed by atoms with Gasteiger partial charge in [0.15, 0.2) is 6.29 Å². The summed E-state index contributed by atoms with van der Waals surface area (Å²) in [5.74, 6) is -0.981. The molecule has 17 heteroatoms. The lowest BCUT2D eigenvalue weighted by molar-refractivity contribution is -0.131. The van der Waals surface area contributed by atoms with E-state index in [1.165, 1.54) is 7.11 Å². The number of carbonyl (C=O) groups is 1. The molecule has 0 spiro atoms. The van der Waals surface area contributed by atoms with E-state index < -0.39 is 12.3 Å². The molecule has 0 aromatic heterocycles. The van der Waals surface area contributed by atoms with Crippen LogP contribution in [-0.4, -0.2) is 200 Å². The summed E-state index contributed by atoms with van der Waals surface area (Å²) in [7, 11) is 1.41. The molecule has 1 atom stereocenters. The number of aliphatic hydroxyl groups is 2. The summed E-state index contributed by atoms with van der Waals surface area (Å²) in [4.78, 5) is 9.25. The molecule has 0 aliphatic carbocycles. The maximum atomic E-state index is 9.25. The van der Waals surface area contributed by atoms with Gasteiger partial charge in [0.2, 0.25) is 0 Å². The van der Waals surface area contributed by atoms with Crippen LogP contribution in [0.15, 0.2) is 12.7 Å². The minimum absolute atomic E-state index is 0.0228. The maximum Gasteiger partial charge on any atom is 0.327 e. The quantitative estimate of drug-likeness (QED) is 0.0419. The standard InChI is InChI=1S/C27H56O15.C3H4O2/c1-30-27(29)26-42-25-24-41-23-22-40-21-20-39-19-18-38-17-16-37-15-14-36-13-12-35-11-10-34-9-8-33-7-6-32-5-4-31-3-2-28;1-2-3(4)5/h27-29H,2-26H2,1H3;2H,1H2,(H,4,5). The van der Waals surface area contributed by atoms with Crippen molar-refractivity contribution in [2.24, 2.45) is 0 Å². The van der Waals surface area contributed by atoms with Crippen LogP contribution < -0.4 is 0 Å². The largest absolute Gasteiger partial charge is 0.478 e. The Kier molecular flexibility index (Phi) is 45.3. The van der Waals surface area contributed by atoms with Crippen LogP contribution in [0.3, 0.4) is 0 Å². The molecule has 0 heterocycles. The highest BCUT2D eigenvalue weighted by Crippen LogP contribution is 1.88. The number of carboxylic acid groups (broad SMARTS) is 1. The molecule has 0 saturated carbocycles. The molecule has 47 heavy (non-hydrogen) atoms. The Morgan fingerprint density at radius 2 is 0.681 bits per heavy atom. The van der Waals surface area contributed by atoms with Crippen LogP contribution >= 0.6 is 0 Å². The second-order valence-corrected chi connectivity index (χ2v) is 8.77. The lowest BCUT2D eigenvalue weighted by Crippen LogP contribution is -2.19. The molecule has 0 aromatic carbocycles. The smallest absolute Gasteiger partial charge is 0.327 e. The molecule has 0 fully saturated rings. The van der Waals surface area contributed by atoms with Crippen LogP contribution in [0, 0.1) is 0 Å². The van der Waals surface area contributed by atoms with Crippen molar-refractivity contribution in [1.29, 1.82) is 0 Å². The summed E-state index contributed by atoms with van der Waals surface area (Å²) in [5, 5.41) is 25.3. The van der Waals surface area contributed by atoms with Gasteiger partial charge in [-0.15, -0.1) is 0 Å². The molecule has 0 rings (SSSR count). The lowest BCUT2D eigenvalue weighted by Gasteiger charge is -2.10. The van der Waals surface area contributed by atoms with Gasteiger partial charge in [-0.1, -0.05) is 6.58 Å². The van der Waals surface area contributed by atoms with E-state index in [0.717, 1.165) is 6.08 Å². The van der Waals surface area contributed by atoms with E-state index in [9.17, 15) is 4.79 Å². The minimum atomic E-state index is -0.981. The van der Waals surface area contributed by atoms with Gasteiger partial charge in [0.1, 0.15) is 0 Å². The lowest BCUT2D eigenvalue weighted by atomic mass is 10.6. The van der Waals surface area contributed by atoms with Crippen LogP contribution in [0.5, 0.6) is 0 Å². The van der Waals surface area contributed by atoms with E-state index in [4.69, 9.17) is 72.2 Å². The van der Waals surface area contributed by atoms with Crippen molar-refractivity contribution in [2.75, 3.05) is 172 Å². The first-order chi connectivity index (χ1) is 23.1. The average molecular weight is 693 g/mol. The second kappa shape index (κ2) is 44.6. The Morgan fingerprint density at radius 3 is 0.851 bits per heavy atom. The van der Waals surface area contributed by atoms with Gasteiger partial charge >= 0.3 is 5.97 Å². The molecule has 0 aliphatic rings. The van der Waals surface area contributed by atoms with E-state index in [1.54, 1.807) is 0 Å². The van der Waals surface area contributed by atoms with Gasteiger partial charge in [0, 0.05) is 13.2 Å². The first-order valence-electron chi connectivity index (χ1n) is 15.7. The third kappa shape index (κ3) is 49.1. The Balaban J connectivity index is 0. The molecule has 1 unspecified atom stereocenters. The Bertz CT molecular complexity index is 603. The van der Waals surface area contributed by atoms with Gasteiger partial charge in [-0.25, -0.2) is 4.79 Å². The number of hydrogen-bond acceptors (Lipinski definition) is 16. The van der Waals surface area contributed by atoms with Crippen molar-refractivity contribution in [3.8, 4) is 0 Å². The van der Waals surface area contributed by atoms with Crippen molar-refractivity contribution in [2.45, 2.75) is 6.29 Å². The van der Waals surface area contributed by atoms with Crippen LogP contribution in [-0.2, 0) is 66.4 Å². The number of methoxy groups -OCH3 is 1. The molecule has 0 radical (unpaired) electrons. The fourth-order valence-corrected chi connectivity index (χ4v) is 2.74. The summed E-state index contributed by atoms with van der Waals surface area (Å²) >= 11 is 0. The van der Waals surface area contributed by atoms with E-state index in [1.807, 2.05) is 0 Å². The third-order valence-corrected chi connectivity index (χ3v) is 5.03. The van der Waals surface area contributed by atoms with Crippen molar-refractivity contribution < 1.29 is 81.7 Å². The van der Waals surface area contributed by atoms with E-state index in [2.05, 4.69) is 11.3 Å².